The van der Waals surface area contributed by atoms with Gasteiger partial charge in [0, 0.05) is 11.8 Å². The number of rotatable bonds is 4. The average Bonchev–Trinajstić information content (AvgIpc) is 2.59. The Balaban J connectivity index is 1.91. The molecule has 0 fully saturated rings. The topological polar surface area (TPSA) is 77.9 Å². The number of aromatic nitrogens is 1. The lowest BCUT2D eigenvalue weighted by molar-refractivity contribution is 0.477. The SMILES string of the molecule is Cc1cc(C)cc(Oc2cc(Nc3ccc(C#N)cc3)[nH]c(=O)c2I)c1. The summed E-state index contributed by atoms with van der Waals surface area (Å²) in [5, 5.41) is 12.0. The number of nitrogens with zero attached hydrogens (tertiary/aromatic N) is 1. The van der Waals surface area contributed by atoms with Crippen LogP contribution in [0.3, 0.4) is 0 Å². The van der Waals surface area contributed by atoms with Gasteiger partial charge < -0.3 is 15.0 Å². The Labute approximate surface area is 164 Å². The molecule has 0 saturated carbocycles. The van der Waals surface area contributed by atoms with Gasteiger partial charge in [0.05, 0.1) is 11.6 Å². The number of aromatic amines is 1. The highest BCUT2D eigenvalue weighted by Crippen LogP contribution is 2.28. The lowest BCUT2D eigenvalue weighted by Crippen LogP contribution is -2.13. The van der Waals surface area contributed by atoms with Crippen molar-refractivity contribution in [2.45, 2.75) is 13.8 Å². The van der Waals surface area contributed by atoms with Crippen molar-refractivity contribution in [3.05, 3.63) is 79.1 Å². The van der Waals surface area contributed by atoms with Gasteiger partial charge in [-0.1, -0.05) is 6.07 Å². The average molecular weight is 457 g/mol. The van der Waals surface area contributed by atoms with Gasteiger partial charge in [-0.05, 0) is 84.0 Å². The Bertz CT molecular complexity index is 1030. The summed E-state index contributed by atoms with van der Waals surface area (Å²) >= 11 is 1.97. The van der Waals surface area contributed by atoms with Gasteiger partial charge in [-0.25, -0.2) is 0 Å². The number of aryl methyl sites for hydroxylation is 2. The van der Waals surface area contributed by atoms with E-state index in [1.165, 1.54) is 0 Å². The van der Waals surface area contributed by atoms with Crippen LogP contribution in [0.4, 0.5) is 11.5 Å². The fraction of sp³-hybridized carbons (Fsp3) is 0.100. The largest absolute Gasteiger partial charge is 0.456 e. The maximum atomic E-state index is 12.2. The van der Waals surface area contributed by atoms with E-state index in [1.54, 1.807) is 30.3 Å². The summed E-state index contributed by atoms with van der Waals surface area (Å²) in [6.45, 7) is 4.00. The molecule has 2 N–H and O–H groups in total. The first kappa shape index (κ1) is 18.0. The molecule has 0 radical (unpaired) electrons. The summed E-state index contributed by atoms with van der Waals surface area (Å²) in [5.74, 6) is 1.69. The Morgan fingerprint density at radius 1 is 1.08 bits per heavy atom. The van der Waals surface area contributed by atoms with E-state index in [0.717, 1.165) is 16.8 Å². The minimum Gasteiger partial charge on any atom is -0.456 e. The summed E-state index contributed by atoms with van der Waals surface area (Å²) in [7, 11) is 0. The molecule has 0 unspecified atom stereocenters. The van der Waals surface area contributed by atoms with Crippen LogP contribution in [0, 0.1) is 28.7 Å². The molecule has 0 aliphatic carbocycles. The van der Waals surface area contributed by atoms with Gasteiger partial charge in [0.25, 0.3) is 5.56 Å². The lowest BCUT2D eigenvalue weighted by atomic mass is 10.1. The molecule has 5 nitrogen and oxygen atoms in total. The summed E-state index contributed by atoms with van der Waals surface area (Å²) in [4.78, 5) is 15.0. The van der Waals surface area contributed by atoms with Crippen LogP contribution in [-0.2, 0) is 0 Å². The zero-order valence-electron chi connectivity index (χ0n) is 14.3. The first-order valence-corrected chi connectivity index (χ1v) is 8.98. The number of hydrogen-bond donors (Lipinski definition) is 2. The second-order valence-corrected chi connectivity index (χ2v) is 7.01. The van der Waals surface area contributed by atoms with Crippen LogP contribution in [-0.4, -0.2) is 4.98 Å². The van der Waals surface area contributed by atoms with Gasteiger partial charge in [-0.15, -0.1) is 0 Å². The van der Waals surface area contributed by atoms with Crippen molar-refractivity contribution in [1.82, 2.24) is 4.98 Å². The third kappa shape index (κ3) is 4.24. The molecule has 1 aromatic heterocycles. The van der Waals surface area contributed by atoms with E-state index in [-0.39, 0.29) is 5.56 Å². The van der Waals surface area contributed by atoms with E-state index in [1.807, 2.05) is 48.6 Å². The molecule has 0 saturated heterocycles. The zero-order chi connectivity index (χ0) is 18.7. The van der Waals surface area contributed by atoms with E-state index in [0.29, 0.717) is 26.5 Å². The molecule has 0 amide bonds. The predicted molar refractivity (Wildman–Crippen MR) is 110 cm³/mol. The van der Waals surface area contributed by atoms with Gasteiger partial charge in [0.2, 0.25) is 0 Å². The highest BCUT2D eigenvalue weighted by atomic mass is 127. The van der Waals surface area contributed by atoms with Gasteiger partial charge in [0.1, 0.15) is 20.9 Å². The molecule has 0 aliphatic heterocycles. The van der Waals surface area contributed by atoms with Crippen molar-refractivity contribution in [3.8, 4) is 17.6 Å². The monoisotopic (exact) mass is 457 g/mol. The fourth-order valence-corrected chi connectivity index (χ4v) is 2.96. The van der Waals surface area contributed by atoms with Crippen molar-refractivity contribution in [2.24, 2.45) is 0 Å². The van der Waals surface area contributed by atoms with Crippen LogP contribution in [0.5, 0.6) is 11.5 Å². The quantitative estimate of drug-likeness (QED) is 0.541. The van der Waals surface area contributed by atoms with E-state index in [4.69, 9.17) is 10.00 Å². The number of benzene rings is 2. The number of halogens is 1. The summed E-state index contributed by atoms with van der Waals surface area (Å²) in [6.07, 6.45) is 0. The number of nitrogens with one attached hydrogen (secondary N) is 2. The van der Waals surface area contributed by atoms with Crippen molar-refractivity contribution in [2.75, 3.05) is 5.32 Å². The molecule has 0 spiro atoms. The molecule has 0 bridgehead atoms. The smallest absolute Gasteiger partial charge is 0.266 e. The number of H-pyrrole nitrogens is 1. The summed E-state index contributed by atoms with van der Waals surface area (Å²) in [6, 6.07) is 16.7. The minimum atomic E-state index is -0.233. The molecule has 3 aromatic rings. The van der Waals surface area contributed by atoms with Crippen LogP contribution in [0.1, 0.15) is 16.7 Å². The van der Waals surface area contributed by atoms with Gasteiger partial charge in [0.15, 0.2) is 0 Å². The van der Waals surface area contributed by atoms with E-state index >= 15 is 0 Å². The van der Waals surface area contributed by atoms with Crippen LogP contribution >= 0.6 is 22.6 Å². The second-order valence-electron chi connectivity index (χ2n) is 5.93. The molecule has 1 heterocycles. The molecule has 0 atom stereocenters. The van der Waals surface area contributed by atoms with Crippen molar-refractivity contribution in [3.63, 3.8) is 0 Å². The first-order chi connectivity index (χ1) is 12.4. The number of nitriles is 1. The van der Waals surface area contributed by atoms with Crippen LogP contribution in [0.15, 0.2) is 53.3 Å². The van der Waals surface area contributed by atoms with Crippen LogP contribution in [0.2, 0.25) is 0 Å². The predicted octanol–water partition coefficient (Wildman–Crippen LogP) is 5.00. The maximum Gasteiger partial charge on any atom is 0.266 e. The van der Waals surface area contributed by atoms with E-state index < -0.39 is 0 Å². The van der Waals surface area contributed by atoms with Gasteiger partial charge in [-0.3, -0.25) is 4.79 Å². The summed E-state index contributed by atoms with van der Waals surface area (Å²) < 4.78 is 6.43. The Hall–Kier alpha value is -2.79. The highest BCUT2D eigenvalue weighted by molar-refractivity contribution is 14.1. The van der Waals surface area contributed by atoms with Gasteiger partial charge >= 0.3 is 0 Å². The number of pyridine rings is 1. The number of hydrogen-bond acceptors (Lipinski definition) is 4. The van der Waals surface area contributed by atoms with Crippen molar-refractivity contribution < 1.29 is 4.74 Å². The summed E-state index contributed by atoms with van der Waals surface area (Å²) in [5.41, 5.74) is 3.29. The normalized spacial score (nSPS) is 10.2. The van der Waals surface area contributed by atoms with Crippen molar-refractivity contribution in [1.29, 1.82) is 5.26 Å². The fourth-order valence-electron chi connectivity index (χ4n) is 2.56. The van der Waals surface area contributed by atoms with Crippen LogP contribution in [0.25, 0.3) is 0 Å². The van der Waals surface area contributed by atoms with E-state index in [2.05, 4.69) is 22.4 Å². The first-order valence-electron chi connectivity index (χ1n) is 7.91. The van der Waals surface area contributed by atoms with Gasteiger partial charge in [-0.2, -0.15) is 5.26 Å². The minimum absolute atomic E-state index is 0.233. The molecule has 2 aromatic carbocycles. The Kier molecular flexibility index (Phi) is 5.28. The molecular formula is C20H16IN3O2. The van der Waals surface area contributed by atoms with Crippen molar-refractivity contribution >= 4 is 34.1 Å². The number of ether oxygens (including phenoxy) is 1. The number of anilines is 2. The molecule has 26 heavy (non-hydrogen) atoms. The Morgan fingerprint density at radius 3 is 2.35 bits per heavy atom. The lowest BCUT2D eigenvalue weighted by Gasteiger charge is -2.12. The third-order valence-electron chi connectivity index (χ3n) is 3.66. The molecule has 6 heteroatoms. The highest BCUT2D eigenvalue weighted by Gasteiger charge is 2.10. The molecular weight excluding hydrogens is 441 g/mol. The second kappa shape index (κ2) is 7.62. The van der Waals surface area contributed by atoms with Crippen LogP contribution < -0.4 is 15.6 Å². The zero-order valence-corrected chi connectivity index (χ0v) is 16.4. The molecule has 0 aliphatic rings. The standard InChI is InChI=1S/C20H16IN3O2/c1-12-7-13(2)9-16(8-12)26-17-10-18(24-20(25)19(17)21)23-15-5-3-14(11-22)4-6-15/h3-10H,1-2H3,(H2,23,24,25). The Morgan fingerprint density at radius 2 is 1.73 bits per heavy atom. The maximum absolute atomic E-state index is 12.2. The molecule has 3 rings (SSSR count). The van der Waals surface area contributed by atoms with E-state index in [9.17, 15) is 4.79 Å². The molecule has 130 valence electrons. The third-order valence-corrected chi connectivity index (χ3v) is 4.68.